The molecule has 0 spiro atoms. The molecule has 0 heterocycles. The van der Waals surface area contributed by atoms with Crippen LogP contribution in [0.2, 0.25) is 0 Å². The van der Waals surface area contributed by atoms with Crippen LogP contribution in [0.25, 0.3) is 0 Å². The number of aryl methyl sites for hydroxylation is 2. The number of nitrogens with zero attached hydrogens (tertiary/aromatic N) is 12. The quantitative estimate of drug-likeness (QED) is 0.00507. The van der Waals surface area contributed by atoms with E-state index in [4.69, 9.17) is 37.9 Å². The largest absolute Gasteiger partial charge is 1.00 e. The Bertz CT molecular complexity index is 3860. The van der Waals surface area contributed by atoms with Crippen LogP contribution in [0.4, 0.5) is 68.2 Å². The van der Waals surface area contributed by atoms with Crippen molar-refractivity contribution in [1.82, 2.24) is 0 Å². The minimum atomic E-state index is -0.215. The monoisotopic (exact) mass is 1470 g/mol. The number of phenols is 2. The molecule has 0 amide bonds. The Hall–Kier alpha value is -7.85. The first-order valence-electron chi connectivity index (χ1n) is 32.9. The second-order valence-corrected chi connectivity index (χ2v) is 20.3. The number of hydrogen-bond acceptors (Lipinski definition) is 25. The van der Waals surface area contributed by atoms with Gasteiger partial charge in [-0.1, -0.05) is 23.4 Å². The third-order valence-electron chi connectivity index (χ3n) is 12.2. The number of azo groups is 6. The zero-order valence-corrected chi connectivity index (χ0v) is 62.8. The maximum atomic E-state index is 11.4. The molecule has 0 saturated heterocycles. The van der Waals surface area contributed by atoms with Gasteiger partial charge in [-0.2, -0.15) is 61.4 Å². The number of esters is 3. The van der Waals surface area contributed by atoms with E-state index in [2.05, 4.69) is 86.9 Å². The Morgan fingerprint density at radius 1 is 0.429 bits per heavy atom. The van der Waals surface area contributed by atoms with Crippen LogP contribution in [0.5, 0.6) is 23.0 Å². The average molecular weight is 1470 g/mol. The van der Waals surface area contributed by atoms with Crippen molar-refractivity contribution < 1.29 is 178 Å². The maximum absolute atomic E-state index is 11.4. The first-order chi connectivity index (χ1) is 49.2. The number of halogens is 1. The zero-order chi connectivity index (χ0) is 74.3. The molecule has 0 bridgehead atoms. The Balaban J connectivity index is -0.000000789. The summed E-state index contributed by atoms with van der Waals surface area (Å²) in [6.45, 7) is 11.2. The zero-order valence-electron chi connectivity index (χ0n) is 62.0. The predicted octanol–water partition coefficient (Wildman–Crippen LogP) is 15.2. The topological polar surface area (TPSA) is 336 Å². The Labute approximate surface area is 675 Å². The fourth-order valence-electron chi connectivity index (χ4n) is 7.47. The smallest absolute Gasteiger partial charge is 1.00 e. The standard InChI is InChI=1S/C37H40N6O6.C25H20N6O2.C6H11BrO2.CH2O3.CH4.2K.4H2.H/c1-4-46-36(44)8-6-24-48-33-19-14-30(15-20-33)39-38-28-10-12-29(13-11-28)41-43-35-23-18-32(26-27(35)3)42-40-31-16-21-34(22-17-31)49-25-7-9-37(45)47-5-2;1-17-16-22(30-28-21-8-13-24(33)14-9-21)10-15-25(17)31-29-19-4-2-18(3-5-19)26-27-20-6-11-23(32)12-7-20;1-2-9-6(8)4-3-5-7;2-1-4-3;;;;;;;;/h10-23,26H,4-9,24-25H2,1-3H3;2-16,32-33H,1H3;2-5H2,1H3;1,3H;1H4;;;4*1H;/q;;;;;2*+1;;;;;-1/p-1/i;;;;;;;3*1+1D;1+1;. The molecule has 0 aliphatic heterocycles. The average Bonchev–Trinajstić information content (AvgIpc) is 0.869. The Kier molecular flexibility index (Phi) is 42.4. The van der Waals surface area contributed by atoms with Gasteiger partial charge in [0.25, 0.3) is 6.47 Å². The van der Waals surface area contributed by atoms with Crippen molar-refractivity contribution in [3.63, 3.8) is 0 Å². The third kappa shape index (κ3) is 36.1. The molecule has 98 heavy (non-hydrogen) atoms. The SMILES string of the molecule is C.CCOC(=O)CCCBr.CCOC(=O)CCCOc1ccc(N=Nc2ccc(N=Nc3ccc(N=Nc4ccc(OCCCC(=O)OCC)cc4)cc3C)cc2)cc1.Cc1cc(N=Nc2ccc(O)cc2)ccc1N=Nc1ccc(N=Nc2ccc(O)cc2)cc1.O=CO[O-].[2HH].[2H][2H].[2H][2H].[2H][2H].[H-].[K+].[K+]. The molecule has 0 radical (unpaired) electrons. The molecule has 8 aromatic carbocycles. The second kappa shape index (κ2) is 51.4. The summed E-state index contributed by atoms with van der Waals surface area (Å²) in [5, 5.41) is 79.2. The second-order valence-electron chi connectivity index (χ2n) is 19.5. The molecule has 0 atom stereocenters. The van der Waals surface area contributed by atoms with Gasteiger partial charge in [0.2, 0.25) is 0 Å². The van der Waals surface area contributed by atoms with Crippen molar-refractivity contribution in [3.8, 4) is 23.0 Å². The molecule has 0 aliphatic rings. The molecule has 0 aromatic heterocycles. The molecule has 28 heteroatoms. The van der Waals surface area contributed by atoms with Crippen LogP contribution in [-0.4, -0.2) is 73.0 Å². The first kappa shape index (κ1) is 80.8. The van der Waals surface area contributed by atoms with Gasteiger partial charge in [-0.25, -0.2) is 0 Å². The van der Waals surface area contributed by atoms with Crippen molar-refractivity contribution in [3.05, 3.63) is 193 Å². The van der Waals surface area contributed by atoms with Crippen molar-refractivity contribution in [2.45, 2.75) is 80.6 Å². The number of ether oxygens (including phenoxy) is 5. The summed E-state index contributed by atoms with van der Waals surface area (Å²) in [6.07, 6.45) is 3.23. The van der Waals surface area contributed by atoms with E-state index in [1.807, 2.05) is 142 Å². The van der Waals surface area contributed by atoms with Crippen LogP contribution < -0.4 is 118 Å². The van der Waals surface area contributed by atoms with E-state index in [9.17, 15) is 24.6 Å². The fraction of sp³-hybridized carbons (Fsp3) is 0.257. The Morgan fingerprint density at radius 3 is 0.918 bits per heavy atom. The number of phenolic OH excluding ortho intramolecular Hbond substituents is 2. The van der Waals surface area contributed by atoms with Crippen molar-refractivity contribution in [1.29, 1.82) is 0 Å². The summed E-state index contributed by atoms with van der Waals surface area (Å²) in [4.78, 5) is 44.6. The molecule has 0 fully saturated rings. The molecule has 0 aliphatic carbocycles. The van der Waals surface area contributed by atoms with Gasteiger partial charge in [0.1, 0.15) is 23.0 Å². The molecular formula is C70H85BrK2N12O13. The minimum Gasteiger partial charge on any atom is -1.00 e. The van der Waals surface area contributed by atoms with Gasteiger partial charge in [-0.15, -0.1) is 0 Å². The summed E-state index contributed by atoms with van der Waals surface area (Å²) < 4.78 is 55.8. The van der Waals surface area contributed by atoms with Gasteiger partial charge >= 0.3 is 121 Å². The number of aromatic hydroxyl groups is 2. The number of rotatable bonds is 29. The molecule has 512 valence electrons. The number of alkyl halides is 1. The summed E-state index contributed by atoms with van der Waals surface area (Å²) in [6, 6.07) is 53.2. The minimum absolute atomic E-state index is 0. The van der Waals surface area contributed by atoms with Gasteiger partial charge in [-0.3, -0.25) is 19.2 Å². The predicted molar refractivity (Wildman–Crippen MR) is 375 cm³/mol. The van der Waals surface area contributed by atoms with E-state index < -0.39 is 0 Å². The third-order valence-corrected chi connectivity index (χ3v) is 12.7. The van der Waals surface area contributed by atoms with Crippen LogP contribution in [0.15, 0.2) is 243 Å². The maximum Gasteiger partial charge on any atom is 1.00 e. The van der Waals surface area contributed by atoms with Gasteiger partial charge in [0.05, 0.1) is 101 Å². The van der Waals surface area contributed by atoms with E-state index >= 15 is 0 Å². The van der Waals surface area contributed by atoms with Gasteiger partial charge < -0.3 is 45.5 Å². The van der Waals surface area contributed by atoms with Crippen molar-refractivity contribution >= 4 is 109 Å². The van der Waals surface area contributed by atoms with Crippen molar-refractivity contribution in [2.75, 3.05) is 38.4 Å². The van der Waals surface area contributed by atoms with E-state index in [-0.39, 0.29) is 149 Å². The van der Waals surface area contributed by atoms with Gasteiger partial charge in [0, 0.05) is 34.9 Å². The summed E-state index contributed by atoms with van der Waals surface area (Å²) >= 11 is 3.22. The molecular weight excluding hydrogens is 1370 g/mol. The molecule has 25 nitrogen and oxygen atoms in total. The summed E-state index contributed by atoms with van der Waals surface area (Å²) in [7, 11) is 0. The van der Waals surface area contributed by atoms with E-state index in [1.165, 1.54) is 0 Å². The first-order valence-corrected chi connectivity index (χ1v) is 31.0. The molecule has 2 N–H and O–H groups in total. The fourth-order valence-corrected chi connectivity index (χ4v) is 7.75. The van der Waals surface area contributed by atoms with Gasteiger partial charge in [0.15, 0.2) is 0 Å². The van der Waals surface area contributed by atoms with Crippen LogP contribution in [0.1, 0.15) is 89.6 Å². The van der Waals surface area contributed by atoms with E-state index in [1.54, 1.807) is 74.5 Å². The van der Waals surface area contributed by atoms with Crippen LogP contribution in [0, 0.1) is 13.8 Å². The number of benzene rings is 8. The van der Waals surface area contributed by atoms with Crippen LogP contribution in [0.3, 0.4) is 0 Å². The molecule has 8 rings (SSSR count). The van der Waals surface area contributed by atoms with E-state index in [0.717, 1.165) is 34.3 Å². The summed E-state index contributed by atoms with van der Waals surface area (Å²) in [5.41, 5.74) is 10.1. The molecule has 0 unspecified atom stereocenters. The van der Waals surface area contributed by atoms with E-state index in [0.29, 0.717) is 134 Å². The number of hydrogen-bond donors (Lipinski definition) is 2. The number of carbonyl (C=O) groups is 4. The number of carbonyl (C=O) groups excluding carboxylic acids is 4. The Morgan fingerprint density at radius 2 is 0.663 bits per heavy atom. The van der Waals surface area contributed by atoms with Crippen LogP contribution in [-0.2, 0) is 38.3 Å². The van der Waals surface area contributed by atoms with Crippen molar-refractivity contribution in [2.24, 2.45) is 61.4 Å². The normalized spacial score (nSPS) is 10.9. The molecule has 0 saturated carbocycles. The summed E-state index contributed by atoms with van der Waals surface area (Å²) in [5.74, 6) is 1.24. The van der Waals surface area contributed by atoms with Crippen LogP contribution >= 0.6 is 15.9 Å². The van der Waals surface area contributed by atoms with Gasteiger partial charge in [-0.05, 0) is 247 Å². The molecule has 8 aromatic rings.